The van der Waals surface area contributed by atoms with Gasteiger partial charge in [0.15, 0.2) is 0 Å². The summed E-state index contributed by atoms with van der Waals surface area (Å²) in [5.41, 5.74) is 0. The van der Waals surface area contributed by atoms with Crippen molar-refractivity contribution in [3.63, 3.8) is 0 Å². The van der Waals surface area contributed by atoms with Crippen LogP contribution in [0.1, 0.15) is 154 Å². The Labute approximate surface area is 689 Å². The summed E-state index contributed by atoms with van der Waals surface area (Å²) in [4.78, 5) is 101. The van der Waals surface area contributed by atoms with Gasteiger partial charge in [-0.2, -0.15) is 0 Å². The van der Waals surface area contributed by atoms with Crippen LogP contribution >= 0.6 is 47.4 Å². The maximum atomic E-state index is 10.1. The van der Waals surface area contributed by atoms with Gasteiger partial charge in [-0.1, -0.05) is 0 Å². The first-order valence-electron chi connectivity index (χ1n) is 40.6. The van der Waals surface area contributed by atoms with Crippen LogP contribution < -0.4 is 58.7 Å². The molecule has 114 heavy (non-hydrogen) atoms. The zero-order chi connectivity index (χ0) is 90.9. The fourth-order valence-electron chi connectivity index (χ4n) is 14.3. The summed E-state index contributed by atoms with van der Waals surface area (Å²) in [6, 6.07) is 0. The molecule has 12 aliphatic rings. The number of nitrogens with zero attached hydrogens (tertiary/aromatic N) is 12. The normalized spacial score (nSPS) is 23.9. The van der Waals surface area contributed by atoms with E-state index < -0.39 is 47.4 Å². The van der Waals surface area contributed by atoms with E-state index in [0.717, 1.165) is 0 Å². The number of rotatable bonds is 0. The van der Waals surface area contributed by atoms with Crippen molar-refractivity contribution in [3.8, 4) is 0 Å². The Morgan fingerprint density at radius 1 is 0.132 bits per heavy atom. The second-order valence-corrected chi connectivity index (χ2v) is 44.8. The van der Waals surface area contributed by atoms with Gasteiger partial charge in [0, 0.05) is 154 Å². The largest absolute Gasteiger partial charge is 0.786 e. The molecule has 30 nitrogen and oxygen atoms in total. The molecule has 0 N–H and O–H groups in total. The highest BCUT2D eigenvalue weighted by molar-refractivity contribution is 7.43. The molecule has 42 heteroatoms. The molecule has 12 saturated heterocycles. The summed E-state index contributed by atoms with van der Waals surface area (Å²) in [6.07, 6.45) is 34.5. The first-order valence-corrected chi connectivity index (χ1v) is 49.2. The maximum absolute atomic E-state index is 10.1. The summed E-state index contributed by atoms with van der Waals surface area (Å²) in [7, 11) is 21.3. The average Bonchev–Trinajstić information content (AvgIpc) is 1.88. The van der Waals surface area contributed by atoms with E-state index >= 15 is 0 Å². The van der Waals surface area contributed by atoms with E-state index in [4.69, 9.17) is 86.1 Å². The van der Waals surface area contributed by atoms with Gasteiger partial charge in [0.1, 0.15) is 47.4 Å². The Bertz CT molecular complexity index is 2030. The van der Waals surface area contributed by atoms with Crippen molar-refractivity contribution in [2.24, 2.45) is 0 Å². The Morgan fingerprint density at radius 3 is 0.167 bits per heavy atom. The molecule has 0 bridgehead atoms. The highest BCUT2D eigenvalue weighted by atomic mass is 31.2. The first-order chi connectivity index (χ1) is 50.5. The molecule has 0 spiro atoms. The minimum absolute atomic E-state index is 1.25. The predicted octanol–water partition coefficient (Wildman–Crippen LogP) is 2.99. The molecule has 12 heterocycles. The smallest absolute Gasteiger partial charge is 0.110 e. The number of hydrogen-bond acceptors (Lipinski definition) is 18. The van der Waals surface area contributed by atoms with Crippen molar-refractivity contribution in [2.45, 2.75) is 154 Å². The molecule has 0 unspecified atom stereocenters. The highest BCUT2D eigenvalue weighted by Gasteiger charge is 2.27. The Kier molecular flexibility index (Phi) is 63.8. The zero-order valence-electron chi connectivity index (χ0n) is 75.6. The second kappa shape index (κ2) is 58.2. The van der Waals surface area contributed by atoms with E-state index in [9.17, 15) is 25.2 Å². The topological polar surface area (TPSA) is 379 Å². The van der Waals surface area contributed by atoms with Crippen molar-refractivity contribution in [1.29, 1.82) is 0 Å². The van der Waals surface area contributed by atoms with Crippen LogP contribution in [0.3, 0.4) is 0 Å². The molecule has 0 aliphatic carbocycles. The van der Waals surface area contributed by atoms with Gasteiger partial charge in [0.2, 0.25) is 0 Å². The molecule has 0 aromatic heterocycles. The van der Waals surface area contributed by atoms with Crippen LogP contribution in [-0.4, -0.2) is 380 Å². The van der Waals surface area contributed by atoms with Gasteiger partial charge in [-0.3, -0.25) is 0 Å². The van der Waals surface area contributed by atoms with Crippen LogP contribution in [0.4, 0.5) is 25.2 Å². The number of likely N-dealkylation sites (tertiary alicyclic amines) is 12. The van der Waals surface area contributed by atoms with E-state index in [2.05, 4.69) is 169 Å². The van der Waals surface area contributed by atoms with Gasteiger partial charge >= 0.3 is 0 Å². The number of hydrogen-bond donors (Lipinski definition) is 0. The van der Waals surface area contributed by atoms with Crippen molar-refractivity contribution < 1.29 is 165 Å². The Morgan fingerprint density at radius 2 is 0.158 bits per heavy atom. The molecule has 12 rings (SSSR count). The molecular weight excluding hydrogens is 1620 g/mol. The van der Waals surface area contributed by atoms with Gasteiger partial charge in [-0.25, -0.2) is 25.2 Å². The third-order valence-corrected chi connectivity index (χ3v) is 21.3. The van der Waals surface area contributed by atoms with E-state index in [1.54, 1.807) is 0 Å². The highest BCUT2D eigenvalue weighted by Crippen LogP contribution is 2.26. The van der Waals surface area contributed by atoms with Gasteiger partial charge < -0.3 is 140 Å². The fraction of sp³-hybridized carbons (Fsp3) is 1.00. The fourth-order valence-corrected chi connectivity index (χ4v) is 14.3. The van der Waals surface area contributed by atoms with Crippen LogP contribution in [0.25, 0.3) is 0 Å². The lowest BCUT2D eigenvalue weighted by atomic mass is 10.4. The SMILES string of the molecule is C[N+]1(C)CCCC1.C[N+]1(C)CCCC1.C[N+]1(C)CCCC1.C[N+]1(C)CCCC1.C[N+]1(C)CCCC1.C[N+]1(C)CCCC1.C[N+]1(C)CCCC1.C[N+]1(C)CCCC1.C[N+]1(C)CCCC1.C[N+]1(C)CCCC1.C[N+]1(C)CCCC1.C[N+]1(C)CCCC1.O=P([O-])([O-])F.O=P([O-])([O-])F.O=P([O-])([O-])F.O=P([O-])([O-])F.O=P([O-])([O-])F.O=P([O-])([O-])F. The molecule has 12 fully saturated rings. The van der Waals surface area contributed by atoms with Crippen LogP contribution in [0, 0.1) is 0 Å². The van der Waals surface area contributed by atoms with Crippen molar-refractivity contribution in [2.75, 3.05) is 326 Å². The third kappa shape index (κ3) is 118. The van der Waals surface area contributed by atoms with Crippen LogP contribution in [0.2, 0.25) is 0 Å². The lowest BCUT2D eigenvalue weighted by Gasteiger charge is -2.21. The van der Waals surface area contributed by atoms with Gasteiger partial charge in [0.05, 0.1) is 326 Å². The predicted molar refractivity (Wildman–Crippen MR) is 425 cm³/mol. The lowest BCUT2D eigenvalue weighted by Crippen LogP contribution is -2.35. The molecule has 696 valence electrons. The zero-order valence-corrected chi connectivity index (χ0v) is 81.0. The molecule has 0 aromatic rings. The van der Waals surface area contributed by atoms with E-state index in [0.29, 0.717) is 0 Å². The van der Waals surface area contributed by atoms with E-state index in [1.807, 2.05) is 0 Å². The van der Waals surface area contributed by atoms with Crippen LogP contribution in [-0.2, 0) is 27.4 Å². The van der Waals surface area contributed by atoms with Crippen LogP contribution in [0.5, 0.6) is 0 Å². The number of quaternary nitrogens is 12. The van der Waals surface area contributed by atoms with Crippen molar-refractivity contribution in [3.05, 3.63) is 0 Å². The quantitative estimate of drug-likeness (QED) is 0.191. The van der Waals surface area contributed by atoms with E-state index in [-0.39, 0.29) is 0 Å². The third-order valence-electron chi connectivity index (χ3n) is 21.3. The molecular formula is C72H168F6N12O18P6. The maximum Gasteiger partial charge on any atom is 0.110 e. The summed E-state index contributed by atoms with van der Waals surface area (Å²) in [6.45, 7) is 33.3. The molecule has 12 aliphatic heterocycles. The first kappa shape index (κ1) is 125. The Hall–Kier alpha value is -0.0000000000000000555. The lowest BCUT2D eigenvalue weighted by molar-refractivity contribution is -0.877. The minimum Gasteiger partial charge on any atom is -0.786 e. The van der Waals surface area contributed by atoms with Gasteiger partial charge in [-0.05, 0) is 0 Å². The average molecular weight is 1790 g/mol. The summed E-state index contributed by atoms with van der Waals surface area (Å²) in [5, 5.41) is 0. The second-order valence-electron chi connectivity index (χ2n) is 39.7. The Balaban J connectivity index is -0.000000271. The van der Waals surface area contributed by atoms with Crippen molar-refractivity contribution >= 4 is 47.4 Å². The standard InChI is InChI=1S/12C6H14N.6FH2O3P/c12*1-7(2)5-3-4-6-7;6*1-5(2,3)4/h12*3-6H2,1-2H3;6*(H2,2,3,4)/q12*+1;;;;;;/p-12. The molecule has 0 aromatic carbocycles. The number of halogens is 6. The minimum atomic E-state index is -5.64. The summed E-state index contributed by atoms with van der Waals surface area (Å²) < 4.78 is 126. The molecule has 0 amide bonds. The molecule has 0 radical (unpaired) electrons. The van der Waals surface area contributed by atoms with Gasteiger partial charge in [-0.15, -0.1) is 0 Å². The summed E-state index contributed by atoms with van der Waals surface area (Å²) >= 11 is 0. The summed E-state index contributed by atoms with van der Waals surface area (Å²) in [5.74, 6) is 0. The van der Waals surface area contributed by atoms with E-state index in [1.165, 1.54) is 365 Å². The van der Waals surface area contributed by atoms with Gasteiger partial charge in [0.25, 0.3) is 0 Å². The van der Waals surface area contributed by atoms with Crippen LogP contribution in [0.15, 0.2) is 0 Å². The monoisotopic (exact) mass is 1790 g/mol. The molecule has 0 saturated carbocycles. The molecule has 0 atom stereocenters. The van der Waals surface area contributed by atoms with Crippen molar-refractivity contribution in [1.82, 2.24) is 0 Å².